The number of carbonyl (C=O) groups is 2. The monoisotopic (exact) mass is 340 g/mol. The zero-order valence-electron chi connectivity index (χ0n) is 13.4. The van der Waals surface area contributed by atoms with E-state index in [-0.39, 0.29) is 30.4 Å². The van der Waals surface area contributed by atoms with E-state index in [1.54, 1.807) is 4.90 Å². The van der Waals surface area contributed by atoms with Crippen LogP contribution in [-0.2, 0) is 4.79 Å². The van der Waals surface area contributed by atoms with Gasteiger partial charge in [-0.15, -0.1) is 12.4 Å². The molecule has 0 spiro atoms. The van der Waals surface area contributed by atoms with Crippen molar-refractivity contribution < 1.29 is 9.59 Å². The molecule has 3 amide bonds. The van der Waals surface area contributed by atoms with Gasteiger partial charge >= 0.3 is 6.03 Å². The molecule has 128 valence electrons. The van der Waals surface area contributed by atoms with Crippen molar-refractivity contribution in [2.45, 2.75) is 25.3 Å². The molecule has 0 unspecified atom stereocenters. The molecule has 2 rings (SSSR count). The van der Waals surface area contributed by atoms with E-state index in [1.807, 2.05) is 37.4 Å². The molecule has 1 aromatic carbocycles. The van der Waals surface area contributed by atoms with Crippen molar-refractivity contribution >= 4 is 30.0 Å². The lowest BCUT2D eigenvalue weighted by Gasteiger charge is -2.32. The number of piperidine rings is 1. The number of halogens is 1. The highest BCUT2D eigenvalue weighted by atomic mass is 35.5. The second kappa shape index (κ2) is 10.1. The van der Waals surface area contributed by atoms with Gasteiger partial charge in [0.2, 0.25) is 5.91 Å². The number of nitrogens with one attached hydrogen (secondary N) is 3. The minimum Gasteiger partial charge on any atom is -0.353 e. The van der Waals surface area contributed by atoms with E-state index in [9.17, 15) is 9.59 Å². The van der Waals surface area contributed by atoms with E-state index in [0.29, 0.717) is 26.1 Å². The number of anilines is 1. The van der Waals surface area contributed by atoms with Gasteiger partial charge in [-0.1, -0.05) is 18.2 Å². The molecule has 0 radical (unpaired) electrons. The van der Waals surface area contributed by atoms with Crippen LogP contribution in [0.15, 0.2) is 30.3 Å². The number of para-hydroxylation sites is 1. The normalized spacial score (nSPS) is 14.7. The van der Waals surface area contributed by atoms with Crippen LogP contribution >= 0.6 is 12.4 Å². The molecule has 0 saturated carbocycles. The Bertz CT molecular complexity index is 490. The van der Waals surface area contributed by atoms with Gasteiger partial charge in [0.15, 0.2) is 0 Å². The minimum atomic E-state index is -0.0776. The number of likely N-dealkylation sites (tertiary alicyclic amines) is 1. The Hall–Kier alpha value is -1.79. The molecule has 0 aliphatic carbocycles. The third-order valence-electron chi connectivity index (χ3n) is 3.77. The largest absolute Gasteiger partial charge is 0.353 e. The van der Waals surface area contributed by atoms with E-state index in [0.717, 1.165) is 18.5 Å². The van der Waals surface area contributed by atoms with E-state index in [1.165, 1.54) is 0 Å². The SMILES string of the molecule is CNCCC(=O)NC1CCN(C(=O)Nc2ccccc2)CC1.Cl. The van der Waals surface area contributed by atoms with Gasteiger partial charge in [0.1, 0.15) is 0 Å². The Balaban J connectivity index is 0.00000264. The Morgan fingerprint density at radius 2 is 1.83 bits per heavy atom. The molecule has 1 saturated heterocycles. The lowest BCUT2D eigenvalue weighted by Crippen LogP contribution is -2.48. The first-order chi connectivity index (χ1) is 10.7. The second-order valence-electron chi connectivity index (χ2n) is 5.48. The molecular formula is C16H25ClN4O2. The number of amides is 3. The predicted octanol–water partition coefficient (Wildman–Crippen LogP) is 1.83. The molecule has 0 bridgehead atoms. The Labute approximate surface area is 143 Å². The van der Waals surface area contributed by atoms with Crippen LogP contribution in [0.4, 0.5) is 10.5 Å². The molecular weight excluding hydrogens is 316 g/mol. The van der Waals surface area contributed by atoms with Crippen LogP contribution in [0.1, 0.15) is 19.3 Å². The van der Waals surface area contributed by atoms with Crippen LogP contribution < -0.4 is 16.0 Å². The Kier molecular flexibility index (Phi) is 8.43. The molecule has 3 N–H and O–H groups in total. The van der Waals surface area contributed by atoms with Crippen LogP contribution in [0, 0.1) is 0 Å². The molecule has 0 atom stereocenters. The maximum Gasteiger partial charge on any atom is 0.321 e. The molecule has 7 heteroatoms. The summed E-state index contributed by atoms with van der Waals surface area (Å²) in [6, 6.07) is 9.53. The van der Waals surface area contributed by atoms with Gasteiger partial charge in [-0.3, -0.25) is 4.79 Å². The lowest BCUT2D eigenvalue weighted by molar-refractivity contribution is -0.121. The van der Waals surface area contributed by atoms with Crippen molar-refractivity contribution in [3.63, 3.8) is 0 Å². The summed E-state index contributed by atoms with van der Waals surface area (Å²) in [5.74, 6) is 0.0709. The number of nitrogens with zero attached hydrogens (tertiary/aromatic N) is 1. The number of carbonyl (C=O) groups excluding carboxylic acids is 2. The number of hydrogen-bond donors (Lipinski definition) is 3. The van der Waals surface area contributed by atoms with Gasteiger partial charge in [-0.05, 0) is 32.0 Å². The molecule has 1 fully saturated rings. The molecule has 1 heterocycles. The van der Waals surface area contributed by atoms with Gasteiger partial charge < -0.3 is 20.9 Å². The van der Waals surface area contributed by atoms with Gasteiger partial charge in [0.25, 0.3) is 0 Å². The summed E-state index contributed by atoms with van der Waals surface area (Å²) in [6.45, 7) is 2.01. The van der Waals surface area contributed by atoms with E-state index in [2.05, 4.69) is 16.0 Å². The zero-order valence-corrected chi connectivity index (χ0v) is 14.2. The summed E-state index contributed by atoms with van der Waals surface area (Å²) in [7, 11) is 1.83. The summed E-state index contributed by atoms with van der Waals surface area (Å²) in [4.78, 5) is 25.6. The summed E-state index contributed by atoms with van der Waals surface area (Å²) in [5, 5.41) is 8.87. The number of urea groups is 1. The van der Waals surface area contributed by atoms with Crippen LogP contribution in [-0.4, -0.2) is 49.6 Å². The summed E-state index contributed by atoms with van der Waals surface area (Å²) in [6.07, 6.45) is 2.09. The van der Waals surface area contributed by atoms with Gasteiger partial charge in [0, 0.05) is 37.8 Å². The van der Waals surface area contributed by atoms with E-state index >= 15 is 0 Å². The smallest absolute Gasteiger partial charge is 0.321 e. The quantitative estimate of drug-likeness (QED) is 0.765. The lowest BCUT2D eigenvalue weighted by atomic mass is 10.1. The molecule has 1 aromatic rings. The number of benzene rings is 1. The first-order valence-corrected chi connectivity index (χ1v) is 7.74. The standard InChI is InChI=1S/C16H24N4O2.ClH/c1-17-10-7-15(21)18-14-8-11-20(12-9-14)16(22)19-13-5-3-2-4-6-13;/h2-6,14,17H,7-12H2,1H3,(H,18,21)(H,19,22);1H. The molecule has 1 aliphatic rings. The van der Waals surface area contributed by atoms with Crippen molar-refractivity contribution in [3.05, 3.63) is 30.3 Å². The average Bonchev–Trinajstić information content (AvgIpc) is 2.54. The second-order valence-corrected chi connectivity index (χ2v) is 5.48. The first-order valence-electron chi connectivity index (χ1n) is 7.74. The van der Waals surface area contributed by atoms with Crippen molar-refractivity contribution in [1.82, 2.24) is 15.5 Å². The molecule has 1 aliphatic heterocycles. The van der Waals surface area contributed by atoms with Crippen molar-refractivity contribution in [3.8, 4) is 0 Å². The zero-order chi connectivity index (χ0) is 15.8. The predicted molar refractivity (Wildman–Crippen MR) is 94.0 cm³/mol. The number of hydrogen-bond acceptors (Lipinski definition) is 3. The van der Waals surface area contributed by atoms with E-state index < -0.39 is 0 Å². The van der Waals surface area contributed by atoms with Crippen LogP contribution in [0.2, 0.25) is 0 Å². The first kappa shape index (κ1) is 19.3. The van der Waals surface area contributed by atoms with Crippen molar-refractivity contribution in [1.29, 1.82) is 0 Å². The third kappa shape index (κ3) is 6.46. The molecule has 6 nitrogen and oxygen atoms in total. The molecule has 0 aromatic heterocycles. The van der Waals surface area contributed by atoms with Crippen LogP contribution in [0.25, 0.3) is 0 Å². The average molecular weight is 341 g/mol. The Morgan fingerprint density at radius 3 is 2.43 bits per heavy atom. The fraction of sp³-hybridized carbons (Fsp3) is 0.500. The van der Waals surface area contributed by atoms with Gasteiger partial charge in [0.05, 0.1) is 0 Å². The van der Waals surface area contributed by atoms with Crippen molar-refractivity contribution in [2.75, 3.05) is 32.0 Å². The third-order valence-corrected chi connectivity index (χ3v) is 3.77. The number of rotatable bonds is 5. The Morgan fingerprint density at radius 1 is 1.17 bits per heavy atom. The summed E-state index contributed by atoms with van der Waals surface area (Å²) < 4.78 is 0. The van der Waals surface area contributed by atoms with Crippen LogP contribution in [0.3, 0.4) is 0 Å². The maximum absolute atomic E-state index is 12.2. The maximum atomic E-state index is 12.2. The van der Waals surface area contributed by atoms with Crippen molar-refractivity contribution in [2.24, 2.45) is 0 Å². The summed E-state index contributed by atoms with van der Waals surface area (Å²) in [5.41, 5.74) is 0.801. The fourth-order valence-electron chi connectivity index (χ4n) is 2.49. The fourth-order valence-corrected chi connectivity index (χ4v) is 2.49. The highest BCUT2D eigenvalue weighted by molar-refractivity contribution is 5.89. The van der Waals surface area contributed by atoms with Crippen LogP contribution in [0.5, 0.6) is 0 Å². The van der Waals surface area contributed by atoms with Gasteiger partial charge in [-0.2, -0.15) is 0 Å². The van der Waals surface area contributed by atoms with E-state index in [4.69, 9.17) is 0 Å². The topological polar surface area (TPSA) is 73.5 Å². The highest BCUT2D eigenvalue weighted by Gasteiger charge is 2.23. The van der Waals surface area contributed by atoms with Gasteiger partial charge in [-0.25, -0.2) is 4.79 Å². The molecule has 23 heavy (non-hydrogen) atoms. The highest BCUT2D eigenvalue weighted by Crippen LogP contribution is 2.13. The minimum absolute atomic E-state index is 0. The summed E-state index contributed by atoms with van der Waals surface area (Å²) >= 11 is 0.